The average molecular weight is 180 g/mol. The average Bonchev–Trinajstić information content (AvgIpc) is 2.25. The van der Waals surface area contributed by atoms with Crippen LogP contribution in [-0.2, 0) is 14.3 Å². The topological polar surface area (TPSA) is 43.4 Å². The molecule has 0 aromatic carbocycles. The molecule has 2 unspecified atom stereocenters. The van der Waals surface area contributed by atoms with Gasteiger partial charge in [0.15, 0.2) is 0 Å². The van der Waals surface area contributed by atoms with Crippen LogP contribution in [-0.4, -0.2) is 11.9 Å². The second-order valence-corrected chi connectivity index (χ2v) is 4.15. The summed E-state index contributed by atoms with van der Waals surface area (Å²) in [5, 5.41) is 0. The zero-order valence-electron chi connectivity index (χ0n) is 7.79. The smallest absolute Gasteiger partial charge is 0.324 e. The van der Waals surface area contributed by atoms with E-state index in [4.69, 9.17) is 0 Å². The van der Waals surface area contributed by atoms with Gasteiger partial charge >= 0.3 is 11.9 Å². The lowest BCUT2D eigenvalue weighted by molar-refractivity contribution is -0.155. The molecule has 1 fully saturated rings. The maximum atomic E-state index is 11.5. The molecule has 2 rings (SSSR count). The molecule has 1 aliphatic carbocycles. The molecule has 0 amide bonds. The Morgan fingerprint density at radius 2 is 2.00 bits per heavy atom. The Hall–Kier alpha value is -1.12. The summed E-state index contributed by atoms with van der Waals surface area (Å²) in [5.41, 5.74) is -1.37. The highest BCUT2D eigenvalue weighted by Gasteiger charge is 2.62. The maximum absolute atomic E-state index is 11.5. The summed E-state index contributed by atoms with van der Waals surface area (Å²) in [6, 6.07) is 0. The number of ether oxygens (including phenoxy) is 1. The molecular formula is C10H12O3. The van der Waals surface area contributed by atoms with Gasteiger partial charge in [-0.2, -0.15) is 0 Å². The van der Waals surface area contributed by atoms with Crippen molar-refractivity contribution in [1.29, 1.82) is 0 Å². The molecule has 0 aromatic rings. The molecule has 0 aromatic heterocycles. The number of carbonyl (C=O) groups excluding carboxylic acids is 2. The van der Waals surface area contributed by atoms with E-state index in [1.54, 1.807) is 6.92 Å². The molecule has 0 spiro atoms. The number of cyclic esters (lactones) is 2. The minimum atomic E-state index is -0.734. The number of hydrogen-bond donors (Lipinski definition) is 0. The van der Waals surface area contributed by atoms with Crippen LogP contribution in [0, 0.1) is 10.8 Å². The molecule has 0 saturated carbocycles. The monoisotopic (exact) mass is 180 g/mol. The highest BCUT2D eigenvalue weighted by atomic mass is 16.6. The van der Waals surface area contributed by atoms with Crippen molar-refractivity contribution in [2.24, 2.45) is 10.8 Å². The molecule has 3 heteroatoms. The van der Waals surface area contributed by atoms with Crippen LogP contribution in [0.2, 0.25) is 0 Å². The normalized spacial score (nSPS) is 43.2. The number of allylic oxidation sites excluding steroid dienone is 1. The quantitative estimate of drug-likeness (QED) is 0.322. The summed E-state index contributed by atoms with van der Waals surface area (Å²) in [6.45, 7) is 3.58. The fourth-order valence-corrected chi connectivity index (χ4v) is 2.04. The first-order chi connectivity index (χ1) is 6.01. The van der Waals surface area contributed by atoms with Crippen LogP contribution in [0.1, 0.15) is 26.7 Å². The first-order valence-corrected chi connectivity index (χ1v) is 4.45. The van der Waals surface area contributed by atoms with Crippen molar-refractivity contribution >= 4 is 11.9 Å². The van der Waals surface area contributed by atoms with Crippen molar-refractivity contribution in [1.82, 2.24) is 0 Å². The third kappa shape index (κ3) is 0.794. The first kappa shape index (κ1) is 8.48. The second-order valence-electron chi connectivity index (χ2n) is 4.15. The maximum Gasteiger partial charge on any atom is 0.324 e. The summed E-state index contributed by atoms with van der Waals surface area (Å²) in [7, 11) is 0. The van der Waals surface area contributed by atoms with E-state index >= 15 is 0 Å². The molecule has 1 heterocycles. The molecule has 13 heavy (non-hydrogen) atoms. The van der Waals surface area contributed by atoms with Gasteiger partial charge in [-0.3, -0.25) is 9.59 Å². The summed E-state index contributed by atoms with van der Waals surface area (Å²) in [4.78, 5) is 22.9. The van der Waals surface area contributed by atoms with E-state index in [-0.39, 0.29) is 5.97 Å². The highest BCUT2D eigenvalue weighted by molar-refractivity contribution is 6.02. The zero-order chi connectivity index (χ0) is 9.69. The van der Waals surface area contributed by atoms with Crippen LogP contribution in [0.4, 0.5) is 0 Å². The molecule has 2 atom stereocenters. The SMILES string of the molecule is CC12C=CCCC1(C)C(=O)OC2=O. The minimum Gasteiger partial charge on any atom is -0.392 e. The number of hydrogen-bond acceptors (Lipinski definition) is 3. The lowest BCUT2D eigenvalue weighted by Gasteiger charge is -2.34. The van der Waals surface area contributed by atoms with Crippen LogP contribution in [0.3, 0.4) is 0 Å². The summed E-state index contributed by atoms with van der Waals surface area (Å²) in [6.07, 6.45) is 5.30. The summed E-state index contributed by atoms with van der Waals surface area (Å²) >= 11 is 0. The minimum absolute atomic E-state index is 0.371. The Balaban J connectivity index is 2.57. The van der Waals surface area contributed by atoms with Gasteiger partial charge in [0.1, 0.15) is 0 Å². The third-order valence-corrected chi connectivity index (χ3v) is 3.47. The molecule has 1 saturated heterocycles. The molecule has 0 radical (unpaired) electrons. The van der Waals surface area contributed by atoms with E-state index in [1.807, 2.05) is 19.1 Å². The van der Waals surface area contributed by atoms with Gasteiger partial charge in [-0.1, -0.05) is 12.2 Å². The molecule has 1 aliphatic heterocycles. The van der Waals surface area contributed by atoms with E-state index in [2.05, 4.69) is 4.74 Å². The van der Waals surface area contributed by atoms with Crippen molar-refractivity contribution in [3.05, 3.63) is 12.2 Å². The molecular weight excluding hydrogens is 168 g/mol. The zero-order valence-corrected chi connectivity index (χ0v) is 7.79. The van der Waals surface area contributed by atoms with E-state index in [1.165, 1.54) is 0 Å². The van der Waals surface area contributed by atoms with E-state index < -0.39 is 16.8 Å². The van der Waals surface area contributed by atoms with Crippen molar-refractivity contribution in [3.63, 3.8) is 0 Å². The van der Waals surface area contributed by atoms with Crippen LogP contribution in [0.15, 0.2) is 12.2 Å². The predicted octanol–water partition coefficient (Wildman–Crippen LogP) is 1.43. The van der Waals surface area contributed by atoms with E-state index in [0.29, 0.717) is 6.42 Å². The van der Waals surface area contributed by atoms with Gasteiger partial charge in [-0.15, -0.1) is 0 Å². The Morgan fingerprint density at radius 3 is 2.62 bits per heavy atom. The van der Waals surface area contributed by atoms with Gasteiger partial charge in [0, 0.05) is 0 Å². The molecule has 2 aliphatic rings. The fourth-order valence-electron chi connectivity index (χ4n) is 2.04. The number of carbonyl (C=O) groups is 2. The van der Waals surface area contributed by atoms with Gasteiger partial charge in [0.05, 0.1) is 10.8 Å². The molecule has 0 bridgehead atoms. The third-order valence-electron chi connectivity index (χ3n) is 3.47. The van der Waals surface area contributed by atoms with Gasteiger partial charge in [-0.05, 0) is 26.7 Å². The van der Waals surface area contributed by atoms with Crippen molar-refractivity contribution < 1.29 is 14.3 Å². The van der Waals surface area contributed by atoms with Gasteiger partial charge < -0.3 is 4.74 Å². The molecule has 70 valence electrons. The van der Waals surface area contributed by atoms with Crippen LogP contribution >= 0.6 is 0 Å². The van der Waals surface area contributed by atoms with Crippen LogP contribution < -0.4 is 0 Å². The Bertz CT molecular complexity index is 318. The standard InChI is InChI=1S/C10H12O3/c1-9-5-3-4-6-10(9,2)8(12)13-7(9)11/h3,5H,4,6H2,1-2H3. The first-order valence-electron chi connectivity index (χ1n) is 4.45. The Kier molecular flexibility index (Phi) is 1.45. The number of rotatable bonds is 0. The second kappa shape index (κ2) is 2.22. The van der Waals surface area contributed by atoms with Gasteiger partial charge in [-0.25, -0.2) is 0 Å². The predicted molar refractivity (Wildman–Crippen MR) is 45.7 cm³/mol. The summed E-state index contributed by atoms with van der Waals surface area (Å²) in [5.74, 6) is -0.777. The van der Waals surface area contributed by atoms with Crippen LogP contribution in [0.5, 0.6) is 0 Å². The van der Waals surface area contributed by atoms with Crippen LogP contribution in [0.25, 0.3) is 0 Å². The van der Waals surface area contributed by atoms with Crippen molar-refractivity contribution in [3.8, 4) is 0 Å². The number of esters is 2. The van der Waals surface area contributed by atoms with Crippen molar-refractivity contribution in [2.75, 3.05) is 0 Å². The van der Waals surface area contributed by atoms with E-state index in [0.717, 1.165) is 6.42 Å². The lowest BCUT2D eigenvalue weighted by atomic mass is 9.62. The largest absolute Gasteiger partial charge is 0.392 e. The van der Waals surface area contributed by atoms with Crippen molar-refractivity contribution in [2.45, 2.75) is 26.7 Å². The summed E-state index contributed by atoms with van der Waals surface area (Å²) < 4.78 is 4.69. The van der Waals surface area contributed by atoms with Gasteiger partial charge in [0.2, 0.25) is 0 Å². The number of fused-ring (bicyclic) bond motifs is 1. The lowest BCUT2D eigenvalue weighted by Crippen LogP contribution is -2.40. The molecule has 0 N–H and O–H groups in total. The Labute approximate surface area is 76.8 Å². The van der Waals surface area contributed by atoms with Gasteiger partial charge in [0.25, 0.3) is 0 Å². The Morgan fingerprint density at radius 1 is 1.31 bits per heavy atom. The highest BCUT2D eigenvalue weighted by Crippen LogP contribution is 2.52. The van der Waals surface area contributed by atoms with E-state index in [9.17, 15) is 9.59 Å². The molecule has 3 nitrogen and oxygen atoms in total. The fraction of sp³-hybridized carbons (Fsp3) is 0.600.